The second kappa shape index (κ2) is 6.51. The van der Waals surface area contributed by atoms with Gasteiger partial charge in [0.25, 0.3) is 10.1 Å². The fourth-order valence-corrected chi connectivity index (χ4v) is 2.71. The number of allylic oxidation sites excluding steroid dienone is 2. The van der Waals surface area contributed by atoms with Crippen molar-refractivity contribution < 1.29 is 12.7 Å². The van der Waals surface area contributed by atoms with E-state index in [-0.39, 0.29) is 0 Å². The monoisotopic (exact) mass is 353 g/mol. The molecule has 0 saturated carbocycles. The molecule has 1 aliphatic heterocycles. The molecule has 2 aromatic carbocycles. The first-order valence-electron chi connectivity index (χ1n) is 7.43. The second-order valence-corrected chi connectivity index (χ2v) is 7.21. The van der Waals surface area contributed by atoms with E-state index in [9.17, 15) is 13.7 Å². The van der Waals surface area contributed by atoms with Crippen molar-refractivity contribution in [2.75, 3.05) is 11.7 Å². The summed E-state index contributed by atoms with van der Waals surface area (Å²) in [4.78, 5) is 4.30. The minimum atomic E-state index is -3.58. The molecule has 1 heterocycles. The summed E-state index contributed by atoms with van der Waals surface area (Å²) in [5.41, 5.74) is 7.70. The second-order valence-electron chi connectivity index (χ2n) is 5.63. The van der Waals surface area contributed by atoms with Gasteiger partial charge in [0, 0.05) is 11.1 Å². The molecule has 3 rings (SSSR count). The SMILES string of the molecule is Cc1cccc(C2=C(C#N)N=C2c2ccc(NOS(C)(=O)=O)cc2)c1. The van der Waals surface area contributed by atoms with Gasteiger partial charge in [-0.25, -0.2) is 10.5 Å². The summed E-state index contributed by atoms with van der Waals surface area (Å²) in [5, 5.41) is 9.24. The third kappa shape index (κ3) is 3.76. The molecule has 0 aromatic heterocycles. The van der Waals surface area contributed by atoms with Crippen molar-refractivity contribution in [1.29, 1.82) is 5.26 Å². The van der Waals surface area contributed by atoms with E-state index < -0.39 is 10.1 Å². The maximum Gasteiger partial charge on any atom is 0.284 e. The Balaban J connectivity index is 1.84. The van der Waals surface area contributed by atoms with Gasteiger partial charge in [0.1, 0.15) is 6.07 Å². The maximum absolute atomic E-state index is 11.0. The van der Waals surface area contributed by atoms with Crippen LogP contribution in [0.15, 0.2) is 59.2 Å². The molecule has 7 heteroatoms. The predicted molar refractivity (Wildman–Crippen MR) is 96.2 cm³/mol. The highest BCUT2D eigenvalue weighted by atomic mass is 32.2. The third-order valence-electron chi connectivity index (χ3n) is 3.58. The zero-order chi connectivity index (χ0) is 18.0. The number of benzene rings is 2. The van der Waals surface area contributed by atoms with E-state index >= 15 is 0 Å². The maximum atomic E-state index is 11.0. The Bertz CT molecular complexity index is 1030. The van der Waals surface area contributed by atoms with Gasteiger partial charge in [-0.3, -0.25) is 0 Å². The van der Waals surface area contributed by atoms with Crippen LogP contribution in [0.2, 0.25) is 0 Å². The van der Waals surface area contributed by atoms with Crippen LogP contribution >= 0.6 is 0 Å². The van der Waals surface area contributed by atoms with Gasteiger partial charge in [-0.05, 0) is 24.6 Å². The number of aliphatic imine (C=N–C) groups is 1. The van der Waals surface area contributed by atoms with Gasteiger partial charge in [-0.1, -0.05) is 42.0 Å². The van der Waals surface area contributed by atoms with Crippen molar-refractivity contribution in [3.05, 3.63) is 70.9 Å². The highest BCUT2D eigenvalue weighted by Crippen LogP contribution is 2.33. The van der Waals surface area contributed by atoms with Crippen molar-refractivity contribution in [1.82, 2.24) is 0 Å². The molecule has 1 N–H and O–H groups in total. The molecule has 0 fully saturated rings. The molecule has 0 unspecified atom stereocenters. The summed E-state index contributed by atoms with van der Waals surface area (Å²) in [5.74, 6) is 0. The Hall–Kier alpha value is -2.95. The standard InChI is InChI=1S/C18H15N3O3S/c1-12-4-3-5-14(10-12)17-16(11-19)20-18(17)13-6-8-15(9-7-13)21-24-25(2,22)23/h3-10,21H,1-2H3. The Morgan fingerprint density at radius 1 is 1.12 bits per heavy atom. The molecule has 0 aliphatic carbocycles. The van der Waals surface area contributed by atoms with Gasteiger partial charge in [-0.2, -0.15) is 18.0 Å². The van der Waals surface area contributed by atoms with Crippen molar-refractivity contribution >= 4 is 27.1 Å². The van der Waals surface area contributed by atoms with Crippen molar-refractivity contribution in [3.8, 4) is 6.07 Å². The fourth-order valence-electron chi connectivity index (χ4n) is 2.47. The van der Waals surface area contributed by atoms with Crippen LogP contribution in [0.4, 0.5) is 5.69 Å². The number of hydrogen-bond acceptors (Lipinski definition) is 6. The largest absolute Gasteiger partial charge is 0.284 e. The quantitative estimate of drug-likeness (QED) is 0.834. The predicted octanol–water partition coefficient (Wildman–Crippen LogP) is 3.04. The summed E-state index contributed by atoms with van der Waals surface area (Å²) in [7, 11) is -3.58. The molecule has 1 aliphatic rings. The number of nitriles is 1. The van der Waals surface area contributed by atoms with E-state index in [1.807, 2.05) is 31.2 Å². The number of nitrogens with one attached hydrogen (secondary N) is 1. The van der Waals surface area contributed by atoms with Crippen LogP contribution in [0.5, 0.6) is 0 Å². The minimum absolute atomic E-state index is 0.406. The Labute approximate surface area is 146 Å². The summed E-state index contributed by atoms with van der Waals surface area (Å²) >= 11 is 0. The lowest BCUT2D eigenvalue weighted by molar-refractivity contribution is 0.396. The van der Waals surface area contributed by atoms with Crippen LogP contribution in [0.3, 0.4) is 0 Å². The molecule has 126 valence electrons. The van der Waals surface area contributed by atoms with E-state index in [0.29, 0.717) is 11.4 Å². The molecular weight excluding hydrogens is 338 g/mol. The lowest BCUT2D eigenvalue weighted by atomic mass is 9.89. The first-order chi connectivity index (χ1) is 11.9. The average molecular weight is 353 g/mol. The Kier molecular flexibility index (Phi) is 4.40. The van der Waals surface area contributed by atoms with E-state index in [4.69, 9.17) is 0 Å². The van der Waals surface area contributed by atoms with E-state index in [2.05, 4.69) is 20.8 Å². The molecular formula is C18H15N3O3S. The van der Waals surface area contributed by atoms with Crippen molar-refractivity contribution in [2.24, 2.45) is 4.99 Å². The number of anilines is 1. The molecule has 0 saturated heterocycles. The van der Waals surface area contributed by atoms with Crippen LogP contribution < -0.4 is 5.48 Å². The van der Waals surface area contributed by atoms with Crippen molar-refractivity contribution in [3.63, 3.8) is 0 Å². The number of rotatable bonds is 5. The zero-order valence-corrected chi connectivity index (χ0v) is 14.5. The summed E-state index contributed by atoms with van der Waals surface area (Å²) in [6.07, 6.45) is 0.958. The van der Waals surface area contributed by atoms with Crippen LogP contribution in [0.25, 0.3) is 5.57 Å². The molecule has 0 spiro atoms. The highest BCUT2D eigenvalue weighted by Gasteiger charge is 2.25. The van der Waals surface area contributed by atoms with Crippen LogP contribution in [-0.4, -0.2) is 20.4 Å². The molecule has 0 atom stereocenters. The van der Waals surface area contributed by atoms with Crippen LogP contribution in [0, 0.1) is 18.3 Å². The van der Waals surface area contributed by atoms with Crippen LogP contribution in [0.1, 0.15) is 16.7 Å². The van der Waals surface area contributed by atoms with Gasteiger partial charge in [0.2, 0.25) is 0 Å². The fraction of sp³-hybridized carbons (Fsp3) is 0.111. The van der Waals surface area contributed by atoms with Gasteiger partial charge in [0.15, 0.2) is 5.70 Å². The minimum Gasteiger partial charge on any atom is -0.249 e. The van der Waals surface area contributed by atoms with Crippen molar-refractivity contribution in [2.45, 2.75) is 6.92 Å². The average Bonchev–Trinajstić information content (AvgIpc) is 2.53. The third-order valence-corrected chi connectivity index (χ3v) is 3.97. The summed E-state index contributed by atoms with van der Waals surface area (Å²) in [6, 6.07) is 16.9. The van der Waals surface area contributed by atoms with Gasteiger partial charge >= 0.3 is 0 Å². The Morgan fingerprint density at radius 2 is 1.84 bits per heavy atom. The van der Waals surface area contributed by atoms with Gasteiger partial charge in [0.05, 0.1) is 17.7 Å². The number of hydrogen-bond donors (Lipinski definition) is 1. The highest BCUT2D eigenvalue weighted by molar-refractivity contribution is 7.86. The van der Waals surface area contributed by atoms with E-state index in [1.54, 1.807) is 24.3 Å². The summed E-state index contributed by atoms with van der Waals surface area (Å²) in [6.45, 7) is 1.99. The lowest BCUT2D eigenvalue weighted by Crippen LogP contribution is -2.15. The normalized spacial score (nSPS) is 13.7. The molecule has 2 aromatic rings. The topological polar surface area (TPSA) is 91.5 Å². The first kappa shape index (κ1) is 16.9. The van der Waals surface area contributed by atoms with Crippen LogP contribution in [-0.2, 0) is 14.4 Å². The Morgan fingerprint density at radius 3 is 2.44 bits per heavy atom. The van der Waals surface area contributed by atoms with Gasteiger partial charge < -0.3 is 0 Å². The van der Waals surface area contributed by atoms with Gasteiger partial charge in [-0.15, -0.1) is 0 Å². The summed E-state index contributed by atoms with van der Waals surface area (Å²) < 4.78 is 26.5. The smallest absolute Gasteiger partial charge is 0.249 e. The molecule has 25 heavy (non-hydrogen) atoms. The van der Waals surface area contributed by atoms with E-state index in [1.165, 1.54) is 0 Å². The lowest BCUT2D eigenvalue weighted by Gasteiger charge is -2.20. The molecule has 6 nitrogen and oxygen atoms in total. The molecule has 0 radical (unpaired) electrons. The molecule has 0 bridgehead atoms. The zero-order valence-electron chi connectivity index (χ0n) is 13.6. The van der Waals surface area contributed by atoms with E-state index in [0.717, 1.165) is 34.2 Å². The molecule has 0 amide bonds. The number of nitrogens with zero attached hydrogens (tertiary/aromatic N) is 2. The number of aryl methyl sites for hydroxylation is 1. The first-order valence-corrected chi connectivity index (χ1v) is 9.24.